The minimum absolute atomic E-state index is 0.148. The normalized spacial score (nSPS) is 20.3. The van der Waals surface area contributed by atoms with Gasteiger partial charge in [-0.15, -0.1) is 11.3 Å². The third kappa shape index (κ3) is 3.63. The van der Waals surface area contributed by atoms with Gasteiger partial charge in [-0.1, -0.05) is 6.07 Å². The van der Waals surface area contributed by atoms with E-state index in [1.165, 1.54) is 16.8 Å². The Morgan fingerprint density at radius 1 is 1.26 bits per heavy atom. The van der Waals surface area contributed by atoms with Gasteiger partial charge in [0.05, 0.1) is 10.5 Å². The van der Waals surface area contributed by atoms with Crippen LogP contribution < -0.4 is 5.43 Å². The average molecular weight is 384 g/mol. The van der Waals surface area contributed by atoms with Crippen LogP contribution in [0.15, 0.2) is 28.2 Å². The number of likely N-dealkylation sites (N-methyl/N-ethyl adjacent to an activating group) is 1. The summed E-state index contributed by atoms with van der Waals surface area (Å²) in [4.78, 5) is 21.7. The van der Waals surface area contributed by atoms with E-state index in [-0.39, 0.29) is 5.91 Å². The van der Waals surface area contributed by atoms with Gasteiger partial charge >= 0.3 is 0 Å². The smallest absolute Gasteiger partial charge is 0.273 e. The number of aromatic nitrogens is 1. The Balaban J connectivity index is 1.60. The number of carbonyl (C=O) groups excluding carboxylic acids is 1. The number of H-pyrrole nitrogens is 1. The number of hydrogen-bond acceptors (Lipinski definition) is 5. The van der Waals surface area contributed by atoms with E-state index in [9.17, 15) is 4.79 Å². The van der Waals surface area contributed by atoms with E-state index in [4.69, 9.17) is 0 Å². The zero-order chi connectivity index (χ0) is 19.0. The van der Waals surface area contributed by atoms with Crippen molar-refractivity contribution in [1.82, 2.24) is 20.2 Å². The molecule has 0 aromatic carbocycles. The van der Waals surface area contributed by atoms with Gasteiger partial charge in [-0.3, -0.25) is 9.69 Å². The van der Waals surface area contributed by atoms with Gasteiger partial charge in [-0.2, -0.15) is 5.10 Å². The molecular weight excluding hydrogens is 358 g/mol. The third-order valence-electron chi connectivity index (χ3n) is 5.42. The van der Waals surface area contributed by atoms with E-state index in [0.29, 0.717) is 5.57 Å². The number of rotatable bonds is 4. The highest BCUT2D eigenvalue weighted by atomic mass is 32.1. The number of nitrogens with zero attached hydrogens (tertiary/aromatic N) is 3. The molecule has 0 bridgehead atoms. The number of carbonyl (C=O) groups is 1. The molecule has 2 aromatic heterocycles. The lowest BCUT2D eigenvalue weighted by atomic mass is 10.0. The number of aromatic amines is 1. The number of nitrogens with one attached hydrogen (secondary N) is 2. The van der Waals surface area contributed by atoms with Gasteiger partial charge < -0.3 is 9.88 Å². The van der Waals surface area contributed by atoms with Crippen LogP contribution >= 0.6 is 11.3 Å². The summed E-state index contributed by atoms with van der Waals surface area (Å²) < 4.78 is 0. The molecule has 6 nitrogen and oxygen atoms in total. The first-order valence-corrected chi connectivity index (χ1v) is 10.1. The highest BCUT2D eigenvalue weighted by Crippen LogP contribution is 2.25. The number of hydrazone groups is 1. The molecule has 2 aromatic rings. The van der Waals surface area contributed by atoms with E-state index >= 15 is 0 Å². The van der Waals surface area contributed by atoms with Crippen molar-refractivity contribution in [3.63, 3.8) is 0 Å². The van der Waals surface area contributed by atoms with Crippen molar-refractivity contribution in [3.05, 3.63) is 50.5 Å². The highest BCUT2D eigenvalue weighted by molar-refractivity contribution is 7.12. The van der Waals surface area contributed by atoms with Crippen molar-refractivity contribution in [3.8, 4) is 0 Å². The van der Waals surface area contributed by atoms with Crippen molar-refractivity contribution in [2.24, 2.45) is 5.10 Å². The van der Waals surface area contributed by atoms with Crippen molar-refractivity contribution < 1.29 is 4.79 Å². The van der Waals surface area contributed by atoms with Gasteiger partial charge in [0, 0.05) is 44.1 Å². The fourth-order valence-electron chi connectivity index (χ4n) is 3.64. The number of hydrogen-bond donors (Lipinski definition) is 2. The molecule has 2 aliphatic rings. The van der Waals surface area contributed by atoms with Gasteiger partial charge in [0.15, 0.2) is 0 Å². The van der Waals surface area contributed by atoms with E-state index in [1.807, 2.05) is 23.6 Å². The van der Waals surface area contributed by atoms with Crippen LogP contribution in [0.4, 0.5) is 0 Å². The highest BCUT2D eigenvalue weighted by Gasteiger charge is 2.26. The first kappa shape index (κ1) is 18.2. The minimum Gasteiger partial charge on any atom is -0.359 e. The molecule has 0 radical (unpaired) electrons. The largest absolute Gasteiger partial charge is 0.359 e. The lowest BCUT2D eigenvalue weighted by molar-refractivity contribution is -0.116. The summed E-state index contributed by atoms with van der Waals surface area (Å²) in [5.74, 6) is -0.148. The van der Waals surface area contributed by atoms with E-state index in [2.05, 4.69) is 46.2 Å². The van der Waals surface area contributed by atoms with Gasteiger partial charge in [-0.25, -0.2) is 5.43 Å². The van der Waals surface area contributed by atoms with Gasteiger partial charge in [-0.05, 0) is 49.5 Å². The molecule has 0 saturated carbocycles. The predicted molar refractivity (Wildman–Crippen MR) is 110 cm³/mol. The molecule has 1 amide bonds. The Labute approximate surface area is 163 Å². The molecule has 4 heterocycles. The molecule has 0 atom stereocenters. The lowest BCUT2D eigenvalue weighted by Gasteiger charge is -2.32. The standard InChI is InChI=1S/C20H25N5OS/c1-13-16(12-25-8-6-24(3)7-9-25)14(2)21-17(13)11-15-19(22-23-20(15)26)18-5-4-10-27-18/h4-5,10-11,21H,6-9,12H2,1-3H3,(H,23,26)/b15-11+. The molecule has 2 N–H and O–H groups in total. The second-order valence-corrected chi connectivity index (χ2v) is 8.23. The van der Waals surface area contributed by atoms with Gasteiger partial charge in [0.25, 0.3) is 5.91 Å². The summed E-state index contributed by atoms with van der Waals surface area (Å²) in [6, 6.07) is 3.96. The summed E-state index contributed by atoms with van der Waals surface area (Å²) in [5, 5.41) is 6.23. The molecule has 4 rings (SSSR count). The van der Waals surface area contributed by atoms with E-state index in [0.717, 1.165) is 49.0 Å². The van der Waals surface area contributed by atoms with Crippen LogP contribution in [-0.2, 0) is 11.3 Å². The maximum atomic E-state index is 12.3. The SMILES string of the molecule is Cc1[nH]c(/C=C2/C(=O)NN=C2c2cccs2)c(C)c1CN1CCN(C)CC1. The maximum Gasteiger partial charge on any atom is 0.273 e. The molecule has 0 aliphatic carbocycles. The molecular formula is C20H25N5OS. The molecule has 1 fully saturated rings. The fraction of sp³-hybridized carbons (Fsp3) is 0.400. The van der Waals surface area contributed by atoms with Gasteiger partial charge in [0.1, 0.15) is 5.71 Å². The Kier molecular flexibility index (Phi) is 4.99. The molecule has 27 heavy (non-hydrogen) atoms. The van der Waals surface area contributed by atoms with Crippen LogP contribution in [0.2, 0.25) is 0 Å². The van der Waals surface area contributed by atoms with E-state index < -0.39 is 0 Å². The van der Waals surface area contributed by atoms with Crippen LogP contribution in [0.25, 0.3) is 6.08 Å². The molecule has 0 spiro atoms. The maximum absolute atomic E-state index is 12.3. The summed E-state index contributed by atoms with van der Waals surface area (Å²) in [6.07, 6.45) is 1.94. The molecule has 2 aliphatic heterocycles. The van der Waals surface area contributed by atoms with Gasteiger partial charge in [0.2, 0.25) is 0 Å². The molecule has 0 unspecified atom stereocenters. The fourth-order valence-corrected chi connectivity index (χ4v) is 4.37. The summed E-state index contributed by atoms with van der Waals surface area (Å²) in [7, 11) is 2.17. The number of aryl methyl sites for hydroxylation is 1. The monoisotopic (exact) mass is 383 g/mol. The Morgan fingerprint density at radius 2 is 2.04 bits per heavy atom. The minimum atomic E-state index is -0.148. The predicted octanol–water partition coefficient (Wildman–Crippen LogP) is 2.36. The first-order valence-electron chi connectivity index (χ1n) is 9.26. The quantitative estimate of drug-likeness (QED) is 0.797. The molecule has 7 heteroatoms. The van der Waals surface area contributed by atoms with Crippen molar-refractivity contribution in [1.29, 1.82) is 0 Å². The average Bonchev–Trinajstić information content (AvgIpc) is 3.35. The summed E-state index contributed by atoms with van der Waals surface area (Å²) in [5.41, 5.74) is 8.65. The van der Waals surface area contributed by atoms with Crippen LogP contribution in [0.5, 0.6) is 0 Å². The number of piperazine rings is 1. The number of amides is 1. The lowest BCUT2D eigenvalue weighted by Crippen LogP contribution is -2.44. The number of thiophene rings is 1. The van der Waals surface area contributed by atoms with E-state index in [1.54, 1.807) is 11.3 Å². The Morgan fingerprint density at radius 3 is 2.74 bits per heavy atom. The third-order valence-corrected chi connectivity index (χ3v) is 6.30. The zero-order valence-electron chi connectivity index (χ0n) is 16.0. The van der Waals surface area contributed by atoms with Crippen molar-refractivity contribution in [2.75, 3.05) is 33.2 Å². The van der Waals surface area contributed by atoms with Crippen LogP contribution in [0.3, 0.4) is 0 Å². The summed E-state index contributed by atoms with van der Waals surface area (Å²) in [6.45, 7) is 9.60. The second-order valence-electron chi connectivity index (χ2n) is 7.28. The van der Waals surface area contributed by atoms with Crippen molar-refractivity contribution in [2.45, 2.75) is 20.4 Å². The first-order chi connectivity index (χ1) is 13.0. The topological polar surface area (TPSA) is 63.7 Å². The van der Waals surface area contributed by atoms with Crippen LogP contribution in [0, 0.1) is 13.8 Å². The second kappa shape index (κ2) is 7.42. The van der Waals surface area contributed by atoms with Crippen molar-refractivity contribution >= 4 is 29.0 Å². The van der Waals surface area contributed by atoms with Crippen LogP contribution in [-0.4, -0.2) is 59.6 Å². The van der Waals surface area contributed by atoms with Crippen LogP contribution in [0.1, 0.15) is 27.4 Å². The summed E-state index contributed by atoms with van der Waals surface area (Å²) >= 11 is 1.59. The molecule has 142 valence electrons. The zero-order valence-corrected chi connectivity index (χ0v) is 16.8. The Bertz CT molecular complexity index is 901. The Hall–Kier alpha value is -2.22. The molecule has 1 saturated heterocycles.